The third-order valence-corrected chi connectivity index (χ3v) is 6.56. The van der Waals surface area contributed by atoms with Crippen molar-refractivity contribution < 1.29 is 9.59 Å². The molecule has 0 atom stereocenters. The fraction of sp³-hybridized carbons (Fsp3) is 0.200. The number of rotatable bonds is 4. The number of hydrogen-bond acceptors (Lipinski definition) is 3. The summed E-state index contributed by atoms with van der Waals surface area (Å²) < 4.78 is 0. The molecule has 2 amide bonds. The Hall–Kier alpha value is -2.85. The van der Waals surface area contributed by atoms with E-state index in [0.717, 1.165) is 27.8 Å². The van der Waals surface area contributed by atoms with Crippen LogP contribution in [-0.2, 0) is 16.8 Å². The van der Waals surface area contributed by atoms with Crippen molar-refractivity contribution in [2.24, 2.45) is 0 Å². The van der Waals surface area contributed by atoms with Gasteiger partial charge in [-0.15, -0.1) is 0 Å². The Morgan fingerprint density at radius 1 is 0.793 bits per heavy atom. The molecule has 0 N–H and O–H groups in total. The molecule has 1 fully saturated rings. The highest BCUT2D eigenvalue weighted by Gasteiger charge is 2.50. The summed E-state index contributed by atoms with van der Waals surface area (Å²) in [5, 5.41) is -0.186. The number of imide groups is 1. The number of carbonyl (C=O) groups is 2. The zero-order chi connectivity index (χ0) is 20.4. The van der Waals surface area contributed by atoms with Gasteiger partial charge in [0.15, 0.2) is 0 Å². The van der Waals surface area contributed by atoms with Crippen molar-refractivity contribution in [1.29, 1.82) is 0 Å². The van der Waals surface area contributed by atoms with Crippen molar-refractivity contribution >= 4 is 22.9 Å². The second-order valence-corrected chi connectivity index (χ2v) is 8.50. The molecule has 1 aliphatic rings. The molecule has 0 spiro atoms. The first kappa shape index (κ1) is 19.5. The van der Waals surface area contributed by atoms with Crippen LogP contribution in [0.25, 0.3) is 0 Å². The highest BCUT2D eigenvalue weighted by molar-refractivity contribution is 8.13. The highest BCUT2D eigenvalue weighted by Crippen LogP contribution is 2.42. The molecule has 0 saturated carbocycles. The van der Waals surface area contributed by atoms with E-state index in [1.54, 1.807) is 0 Å². The van der Waals surface area contributed by atoms with E-state index < -0.39 is 5.41 Å². The topological polar surface area (TPSA) is 37.4 Å². The van der Waals surface area contributed by atoms with E-state index >= 15 is 0 Å². The lowest BCUT2D eigenvalue weighted by atomic mass is 9.74. The zero-order valence-corrected chi connectivity index (χ0v) is 17.4. The summed E-state index contributed by atoms with van der Waals surface area (Å²) in [7, 11) is 0. The van der Waals surface area contributed by atoms with Gasteiger partial charge in [-0.2, -0.15) is 0 Å². The van der Waals surface area contributed by atoms with Gasteiger partial charge in [0.25, 0.3) is 5.24 Å². The highest BCUT2D eigenvalue weighted by atomic mass is 32.2. The fourth-order valence-electron chi connectivity index (χ4n) is 3.78. The lowest BCUT2D eigenvalue weighted by molar-refractivity contribution is -0.132. The van der Waals surface area contributed by atoms with Crippen LogP contribution in [0.3, 0.4) is 0 Å². The number of nitrogens with zero attached hydrogens (tertiary/aromatic N) is 1. The average molecular weight is 402 g/mol. The molecule has 3 nitrogen and oxygen atoms in total. The smallest absolute Gasteiger partial charge is 0.273 e. The predicted octanol–water partition coefficient (Wildman–Crippen LogP) is 5.49. The Bertz CT molecular complexity index is 981. The van der Waals surface area contributed by atoms with Crippen LogP contribution in [-0.4, -0.2) is 21.8 Å². The molecule has 0 aliphatic carbocycles. The van der Waals surface area contributed by atoms with Gasteiger partial charge in [0.1, 0.15) is 5.41 Å². The van der Waals surface area contributed by atoms with Crippen LogP contribution in [0, 0.1) is 13.8 Å². The lowest BCUT2D eigenvalue weighted by Gasteiger charge is -2.41. The zero-order valence-electron chi connectivity index (χ0n) is 16.6. The molecule has 1 aliphatic heterocycles. The molecule has 0 aromatic heterocycles. The van der Waals surface area contributed by atoms with Gasteiger partial charge in [-0.3, -0.25) is 14.5 Å². The number of hydrogen-bond donors (Lipinski definition) is 0. The fourth-order valence-corrected chi connectivity index (χ4v) is 4.88. The van der Waals surface area contributed by atoms with Crippen molar-refractivity contribution in [3.8, 4) is 0 Å². The number of thioether (sulfide) groups is 1. The minimum Gasteiger partial charge on any atom is -0.273 e. The van der Waals surface area contributed by atoms with Gasteiger partial charge in [-0.05, 0) is 30.5 Å². The number of carbonyl (C=O) groups excluding carboxylic acids is 2. The second kappa shape index (κ2) is 7.88. The molecule has 1 saturated heterocycles. The Balaban J connectivity index is 1.83. The van der Waals surface area contributed by atoms with Gasteiger partial charge < -0.3 is 0 Å². The summed E-state index contributed by atoms with van der Waals surface area (Å²) >= 11 is 1.22. The molecule has 29 heavy (non-hydrogen) atoms. The lowest BCUT2D eigenvalue weighted by Crippen LogP contribution is -2.54. The number of aryl methyl sites for hydroxylation is 2. The van der Waals surface area contributed by atoms with Gasteiger partial charge in [-0.25, -0.2) is 0 Å². The third kappa shape index (κ3) is 3.60. The van der Waals surface area contributed by atoms with E-state index in [0.29, 0.717) is 5.75 Å². The molecular weight excluding hydrogens is 378 g/mol. The second-order valence-electron chi connectivity index (χ2n) is 7.57. The van der Waals surface area contributed by atoms with Gasteiger partial charge in [-0.1, -0.05) is 102 Å². The summed E-state index contributed by atoms with van der Waals surface area (Å²) in [6.45, 7) is 4.35. The van der Waals surface area contributed by atoms with Crippen molar-refractivity contribution in [3.63, 3.8) is 0 Å². The molecule has 0 unspecified atom stereocenters. The molecule has 4 rings (SSSR count). The molecule has 4 heteroatoms. The summed E-state index contributed by atoms with van der Waals surface area (Å²) in [6, 6.07) is 25.9. The summed E-state index contributed by atoms with van der Waals surface area (Å²) in [4.78, 5) is 28.1. The molecule has 3 aromatic rings. The van der Waals surface area contributed by atoms with Crippen LogP contribution in [0.15, 0.2) is 78.9 Å². The van der Waals surface area contributed by atoms with Gasteiger partial charge in [0.2, 0.25) is 5.91 Å². The molecule has 146 valence electrons. The van der Waals surface area contributed by atoms with Crippen LogP contribution < -0.4 is 0 Å². The first-order valence-corrected chi connectivity index (χ1v) is 10.7. The third-order valence-electron chi connectivity index (χ3n) is 5.52. The van der Waals surface area contributed by atoms with Crippen LogP contribution in [0.5, 0.6) is 0 Å². The molecular formula is C25H23NO2S. The largest absolute Gasteiger partial charge is 0.288 e. The molecule has 0 bridgehead atoms. The first-order chi connectivity index (χ1) is 14.0. The Labute approximate surface area is 175 Å². The van der Waals surface area contributed by atoms with Crippen molar-refractivity contribution in [1.82, 2.24) is 4.90 Å². The van der Waals surface area contributed by atoms with Crippen molar-refractivity contribution in [2.75, 3.05) is 5.75 Å². The van der Waals surface area contributed by atoms with E-state index in [2.05, 4.69) is 0 Å². The first-order valence-electron chi connectivity index (χ1n) is 9.68. The van der Waals surface area contributed by atoms with E-state index in [4.69, 9.17) is 0 Å². The molecule has 1 heterocycles. The average Bonchev–Trinajstić information content (AvgIpc) is 2.74. The maximum absolute atomic E-state index is 13.9. The SMILES string of the molecule is Cc1ccc(C2(c3ccc(C)cc3)CSC(=O)N(Cc3ccccc3)C2=O)cc1. The van der Waals surface area contributed by atoms with E-state index in [9.17, 15) is 9.59 Å². The number of amides is 2. The van der Waals surface area contributed by atoms with Crippen LogP contribution in [0.2, 0.25) is 0 Å². The van der Waals surface area contributed by atoms with Gasteiger partial charge >= 0.3 is 0 Å². The molecule has 0 radical (unpaired) electrons. The van der Waals surface area contributed by atoms with Crippen molar-refractivity contribution in [2.45, 2.75) is 25.8 Å². The Morgan fingerprint density at radius 3 is 1.83 bits per heavy atom. The predicted molar refractivity (Wildman–Crippen MR) is 118 cm³/mol. The maximum atomic E-state index is 13.9. The van der Waals surface area contributed by atoms with E-state index in [1.807, 2.05) is 92.7 Å². The Morgan fingerprint density at radius 2 is 1.31 bits per heavy atom. The number of benzene rings is 3. The maximum Gasteiger partial charge on any atom is 0.288 e. The van der Waals surface area contributed by atoms with Gasteiger partial charge in [0.05, 0.1) is 6.54 Å². The normalized spacial score (nSPS) is 16.1. The minimum atomic E-state index is -0.880. The van der Waals surface area contributed by atoms with E-state index in [-0.39, 0.29) is 17.7 Å². The van der Waals surface area contributed by atoms with Gasteiger partial charge in [0, 0.05) is 5.75 Å². The quantitative estimate of drug-likeness (QED) is 0.580. The van der Waals surface area contributed by atoms with Crippen LogP contribution in [0.1, 0.15) is 27.8 Å². The van der Waals surface area contributed by atoms with Crippen molar-refractivity contribution in [3.05, 3.63) is 107 Å². The van der Waals surface area contributed by atoms with E-state index in [1.165, 1.54) is 16.7 Å². The summed E-state index contributed by atoms with van der Waals surface area (Å²) in [5.74, 6) is 0.250. The van der Waals surface area contributed by atoms with Crippen LogP contribution >= 0.6 is 11.8 Å². The van der Waals surface area contributed by atoms with Crippen LogP contribution in [0.4, 0.5) is 4.79 Å². The summed E-state index contributed by atoms with van der Waals surface area (Å²) in [5.41, 5.74) is 4.19. The minimum absolute atomic E-state index is 0.155. The monoisotopic (exact) mass is 401 g/mol. The summed E-state index contributed by atoms with van der Waals surface area (Å²) in [6.07, 6.45) is 0. The molecule has 3 aromatic carbocycles. The standard InChI is InChI=1S/C25H23NO2S/c1-18-8-12-21(13-9-18)25(22-14-10-19(2)11-15-22)17-29-24(28)26(23(25)27)16-20-6-4-3-5-7-20/h3-15H,16-17H2,1-2H3. The Kier molecular flexibility index (Phi) is 5.29.